The minimum Gasteiger partial charge on any atom is -0.497 e. The zero-order valence-corrected chi connectivity index (χ0v) is 18.4. The first kappa shape index (κ1) is 20.9. The quantitative estimate of drug-likeness (QED) is 0.572. The van der Waals surface area contributed by atoms with E-state index in [4.69, 9.17) is 13.9 Å². The number of esters is 1. The van der Waals surface area contributed by atoms with E-state index in [0.717, 1.165) is 5.56 Å². The summed E-state index contributed by atoms with van der Waals surface area (Å²) >= 11 is 1.25. The van der Waals surface area contributed by atoms with E-state index in [2.05, 4.69) is 4.99 Å². The molecule has 3 heterocycles. The Morgan fingerprint density at radius 2 is 2.00 bits per heavy atom. The summed E-state index contributed by atoms with van der Waals surface area (Å²) in [5.74, 6) is 0.764. The average molecular weight is 439 g/mol. The van der Waals surface area contributed by atoms with Gasteiger partial charge >= 0.3 is 5.97 Å². The van der Waals surface area contributed by atoms with Gasteiger partial charge < -0.3 is 13.9 Å². The second-order valence-electron chi connectivity index (χ2n) is 7.32. The number of nitrogens with zero attached hydrogens (tertiary/aromatic N) is 2. The van der Waals surface area contributed by atoms with Crippen molar-refractivity contribution in [3.05, 3.63) is 84.9 Å². The minimum atomic E-state index is -0.660. The molecule has 2 aromatic heterocycles. The van der Waals surface area contributed by atoms with Crippen LogP contribution in [0.1, 0.15) is 38.1 Å². The lowest BCUT2D eigenvalue weighted by atomic mass is 9.96. The summed E-state index contributed by atoms with van der Waals surface area (Å²) in [5.41, 5.74) is 1.38. The maximum Gasteiger partial charge on any atom is 0.338 e. The molecule has 0 radical (unpaired) electrons. The lowest BCUT2D eigenvalue weighted by molar-refractivity contribution is -0.143. The SMILES string of the molecule is COc1ccc([C@@H]2C(C(=O)OC(C)C)=C(C)N=c3s/c(=C\c4ccco4)c(=O)n32)cc1. The van der Waals surface area contributed by atoms with Crippen molar-refractivity contribution >= 4 is 23.4 Å². The second-order valence-corrected chi connectivity index (χ2v) is 8.33. The fraction of sp³-hybridized carbons (Fsp3) is 0.261. The summed E-state index contributed by atoms with van der Waals surface area (Å²) in [5, 5.41) is 0. The van der Waals surface area contributed by atoms with E-state index in [1.54, 1.807) is 69.1 Å². The van der Waals surface area contributed by atoms with Gasteiger partial charge in [-0.3, -0.25) is 9.36 Å². The van der Waals surface area contributed by atoms with Crippen molar-refractivity contribution in [2.45, 2.75) is 32.9 Å². The molecule has 1 aliphatic heterocycles. The monoisotopic (exact) mass is 438 g/mol. The third-order valence-corrected chi connectivity index (χ3v) is 5.82. The highest BCUT2D eigenvalue weighted by Gasteiger charge is 2.33. The van der Waals surface area contributed by atoms with E-state index in [-0.39, 0.29) is 11.7 Å². The predicted octanol–water partition coefficient (Wildman–Crippen LogP) is 2.79. The van der Waals surface area contributed by atoms with Gasteiger partial charge in [-0.1, -0.05) is 23.5 Å². The Morgan fingerprint density at radius 3 is 2.61 bits per heavy atom. The maximum atomic E-state index is 13.4. The fourth-order valence-corrected chi connectivity index (χ4v) is 4.49. The summed E-state index contributed by atoms with van der Waals surface area (Å²) in [6.45, 7) is 5.33. The maximum absolute atomic E-state index is 13.4. The largest absolute Gasteiger partial charge is 0.497 e. The number of fused-ring (bicyclic) bond motifs is 1. The summed E-state index contributed by atoms with van der Waals surface area (Å²) in [4.78, 5) is 31.5. The number of allylic oxidation sites excluding steroid dienone is 1. The van der Waals surface area contributed by atoms with Crippen LogP contribution < -0.4 is 19.6 Å². The van der Waals surface area contributed by atoms with Gasteiger partial charge in [0.1, 0.15) is 11.5 Å². The first-order valence-corrected chi connectivity index (χ1v) is 10.6. The number of hydrogen-bond acceptors (Lipinski definition) is 7. The van der Waals surface area contributed by atoms with Gasteiger partial charge in [0.25, 0.3) is 5.56 Å². The van der Waals surface area contributed by atoms with Crippen LogP contribution in [0.2, 0.25) is 0 Å². The molecule has 1 aromatic carbocycles. The van der Waals surface area contributed by atoms with Crippen LogP contribution in [0.4, 0.5) is 0 Å². The molecule has 7 nitrogen and oxygen atoms in total. The molecule has 0 aliphatic carbocycles. The Morgan fingerprint density at radius 1 is 1.26 bits per heavy atom. The van der Waals surface area contributed by atoms with Crippen LogP contribution in [0, 0.1) is 0 Å². The van der Waals surface area contributed by atoms with Crippen molar-refractivity contribution in [1.29, 1.82) is 0 Å². The molecule has 1 aliphatic rings. The molecule has 0 fully saturated rings. The van der Waals surface area contributed by atoms with E-state index < -0.39 is 12.0 Å². The summed E-state index contributed by atoms with van der Waals surface area (Å²) in [6.07, 6.45) is 2.93. The van der Waals surface area contributed by atoms with Gasteiger partial charge in [0.15, 0.2) is 4.80 Å². The normalized spacial score (nSPS) is 16.3. The van der Waals surface area contributed by atoms with Gasteiger partial charge in [0.2, 0.25) is 0 Å². The van der Waals surface area contributed by atoms with Crippen molar-refractivity contribution in [1.82, 2.24) is 4.57 Å². The van der Waals surface area contributed by atoms with Crippen molar-refractivity contribution in [2.75, 3.05) is 7.11 Å². The van der Waals surface area contributed by atoms with Crippen molar-refractivity contribution in [3.8, 4) is 5.75 Å². The first-order chi connectivity index (χ1) is 14.9. The van der Waals surface area contributed by atoms with Crippen LogP contribution in [-0.2, 0) is 9.53 Å². The zero-order valence-electron chi connectivity index (χ0n) is 17.6. The molecule has 0 amide bonds. The molecule has 3 aromatic rings. The molecule has 1 atom stereocenters. The van der Waals surface area contributed by atoms with Crippen molar-refractivity contribution < 1.29 is 18.7 Å². The highest BCUT2D eigenvalue weighted by molar-refractivity contribution is 7.07. The Balaban J connectivity index is 1.94. The van der Waals surface area contributed by atoms with Crippen LogP contribution in [-0.4, -0.2) is 23.8 Å². The third-order valence-electron chi connectivity index (χ3n) is 4.83. The minimum absolute atomic E-state index is 0.247. The number of benzene rings is 1. The molecule has 0 saturated heterocycles. The summed E-state index contributed by atoms with van der Waals surface area (Å²) in [6, 6.07) is 10.2. The van der Waals surface area contributed by atoms with Crippen LogP contribution in [0.15, 0.2) is 68.1 Å². The topological polar surface area (TPSA) is 83.0 Å². The highest BCUT2D eigenvalue weighted by Crippen LogP contribution is 2.31. The van der Waals surface area contributed by atoms with E-state index in [1.807, 2.05) is 12.1 Å². The smallest absolute Gasteiger partial charge is 0.338 e. The molecule has 0 bridgehead atoms. The average Bonchev–Trinajstić information content (AvgIpc) is 3.35. The van der Waals surface area contributed by atoms with E-state index in [0.29, 0.717) is 32.1 Å². The summed E-state index contributed by atoms with van der Waals surface area (Å²) < 4.78 is 18.1. The summed E-state index contributed by atoms with van der Waals surface area (Å²) in [7, 11) is 1.59. The molecule has 4 rings (SSSR count). The number of ether oxygens (including phenoxy) is 2. The van der Waals surface area contributed by atoms with Gasteiger partial charge in [0, 0.05) is 6.08 Å². The number of methoxy groups -OCH3 is 1. The fourth-order valence-electron chi connectivity index (χ4n) is 3.46. The number of thiazole rings is 1. The van der Waals surface area contributed by atoms with E-state index >= 15 is 0 Å². The van der Waals surface area contributed by atoms with Crippen molar-refractivity contribution in [2.24, 2.45) is 4.99 Å². The van der Waals surface area contributed by atoms with E-state index in [9.17, 15) is 9.59 Å². The Bertz CT molecular complexity index is 1310. The molecule has 0 saturated carbocycles. The second kappa shape index (κ2) is 8.39. The number of rotatable bonds is 5. The number of carbonyl (C=O) groups is 1. The molecular formula is C23H22N2O5S. The molecule has 0 unspecified atom stereocenters. The van der Waals surface area contributed by atoms with Crippen LogP contribution >= 0.6 is 11.3 Å². The van der Waals surface area contributed by atoms with Gasteiger partial charge in [-0.2, -0.15) is 0 Å². The van der Waals surface area contributed by atoms with Gasteiger partial charge in [-0.15, -0.1) is 0 Å². The lowest BCUT2D eigenvalue weighted by Crippen LogP contribution is -2.40. The van der Waals surface area contributed by atoms with Gasteiger partial charge in [0.05, 0.1) is 41.3 Å². The molecule has 31 heavy (non-hydrogen) atoms. The van der Waals surface area contributed by atoms with Crippen LogP contribution in [0.5, 0.6) is 5.75 Å². The van der Waals surface area contributed by atoms with Crippen LogP contribution in [0.3, 0.4) is 0 Å². The lowest BCUT2D eigenvalue weighted by Gasteiger charge is -2.25. The molecular weight excluding hydrogens is 416 g/mol. The third kappa shape index (κ3) is 3.98. The predicted molar refractivity (Wildman–Crippen MR) is 117 cm³/mol. The molecule has 160 valence electrons. The first-order valence-electron chi connectivity index (χ1n) is 9.80. The van der Waals surface area contributed by atoms with Crippen LogP contribution in [0.25, 0.3) is 6.08 Å². The number of hydrogen-bond donors (Lipinski definition) is 0. The molecule has 8 heteroatoms. The Labute approximate surface area is 182 Å². The Hall–Kier alpha value is -3.39. The number of aromatic nitrogens is 1. The Kier molecular flexibility index (Phi) is 5.65. The van der Waals surface area contributed by atoms with Gasteiger partial charge in [-0.25, -0.2) is 9.79 Å². The number of furan rings is 1. The highest BCUT2D eigenvalue weighted by atomic mass is 32.1. The number of carbonyl (C=O) groups excluding carboxylic acids is 1. The molecule has 0 N–H and O–H groups in total. The van der Waals surface area contributed by atoms with E-state index in [1.165, 1.54) is 11.3 Å². The van der Waals surface area contributed by atoms with Crippen molar-refractivity contribution in [3.63, 3.8) is 0 Å². The standard InChI is InChI=1S/C23H22N2O5S/c1-13(2)30-22(27)19-14(3)24-23-25(20(19)15-7-9-16(28-4)10-8-15)21(26)18(31-23)12-17-6-5-11-29-17/h5-13,20H,1-4H3/b18-12-/t20-/m1/s1. The zero-order chi connectivity index (χ0) is 22.1. The molecule has 0 spiro atoms. The van der Waals surface area contributed by atoms with Gasteiger partial charge in [-0.05, 0) is 50.6 Å².